The lowest BCUT2D eigenvalue weighted by Gasteiger charge is -2.08. The maximum Gasteiger partial charge on any atom is 0.137 e. The predicted molar refractivity (Wildman–Crippen MR) is 67.2 cm³/mol. The summed E-state index contributed by atoms with van der Waals surface area (Å²) in [5, 5.41) is 16.5. The van der Waals surface area contributed by atoms with E-state index in [-0.39, 0.29) is 5.75 Å². The summed E-state index contributed by atoms with van der Waals surface area (Å²) in [6.07, 6.45) is 2.50. The van der Waals surface area contributed by atoms with Crippen molar-refractivity contribution in [1.29, 1.82) is 0 Å². The SMILES string of the molecule is CCc1cc(Br)c(O)c(-c2cn[nH]c2N)c1. The number of H-pyrrole nitrogens is 1. The van der Waals surface area contributed by atoms with E-state index in [9.17, 15) is 5.11 Å². The molecule has 1 heterocycles. The summed E-state index contributed by atoms with van der Waals surface area (Å²) < 4.78 is 0.669. The summed E-state index contributed by atoms with van der Waals surface area (Å²) in [6.45, 7) is 2.06. The average Bonchev–Trinajstić information content (AvgIpc) is 2.68. The molecular formula is C11H12BrN3O. The number of aryl methyl sites for hydroxylation is 1. The van der Waals surface area contributed by atoms with Crippen molar-refractivity contribution in [1.82, 2.24) is 10.2 Å². The van der Waals surface area contributed by atoms with Crippen LogP contribution in [0.3, 0.4) is 0 Å². The van der Waals surface area contributed by atoms with Crippen LogP contribution in [0.4, 0.5) is 5.82 Å². The highest BCUT2D eigenvalue weighted by atomic mass is 79.9. The third-order valence-corrected chi connectivity index (χ3v) is 3.09. The Hall–Kier alpha value is -1.49. The number of phenolic OH excluding ortho intramolecular Hbond substituents is 1. The van der Waals surface area contributed by atoms with E-state index in [1.54, 1.807) is 6.20 Å². The first-order valence-corrected chi connectivity index (χ1v) is 5.73. The van der Waals surface area contributed by atoms with Gasteiger partial charge in [-0.05, 0) is 40.0 Å². The Labute approximate surface area is 102 Å². The fraction of sp³-hybridized carbons (Fsp3) is 0.182. The summed E-state index contributed by atoms with van der Waals surface area (Å²) in [5.74, 6) is 0.640. The van der Waals surface area contributed by atoms with Crippen molar-refractivity contribution in [3.8, 4) is 16.9 Å². The molecule has 0 radical (unpaired) electrons. The zero-order chi connectivity index (χ0) is 11.7. The Balaban J connectivity index is 2.64. The van der Waals surface area contributed by atoms with Crippen LogP contribution in [0, 0.1) is 0 Å². The molecule has 0 saturated heterocycles. The van der Waals surface area contributed by atoms with Gasteiger partial charge in [0.1, 0.15) is 11.6 Å². The smallest absolute Gasteiger partial charge is 0.137 e. The Morgan fingerprint density at radius 2 is 2.19 bits per heavy atom. The number of aromatic nitrogens is 2. The highest BCUT2D eigenvalue weighted by molar-refractivity contribution is 9.10. The number of halogens is 1. The number of hydrogen-bond donors (Lipinski definition) is 3. The molecule has 1 aromatic carbocycles. The third-order valence-electron chi connectivity index (χ3n) is 2.49. The lowest BCUT2D eigenvalue weighted by atomic mass is 10.0. The van der Waals surface area contributed by atoms with E-state index in [4.69, 9.17) is 5.73 Å². The molecule has 2 rings (SSSR count). The van der Waals surface area contributed by atoms with Gasteiger partial charge in [0.15, 0.2) is 0 Å². The molecule has 2 aromatic rings. The minimum Gasteiger partial charge on any atom is -0.506 e. The van der Waals surface area contributed by atoms with Crippen LogP contribution < -0.4 is 5.73 Å². The number of nitrogen functional groups attached to an aromatic ring is 1. The van der Waals surface area contributed by atoms with Gasteiger partial charge >= 0.3 is 0 Å². The number of anilines is 1. The van der Waals surface area contributed by atoms with Crippen molar-refractivity contribution in [3.05, 3.63) is 28.4 Å². The van der Waals surface area contributed by atoms with E-state index < -0.39 is 0 Å². The lowest BCUT2D eigenvalue weighted by Crippen LogP contribution is -1.90. The summed E-state index contributed by atoms with van der Waals surface area (Å²) in [7, 11) is 0. The van der Waals surface area contributed by atoms with Gasteiger partial charge in [-0.2, -0.15) is 5.10 Å². The second-order valence-electron chi connectivity index (χ2n) is 3.52. The zero-order valence-corrected chi connectivity index (χ0v) is 10.4. The number of aromatic amines is 1. The monoisotopic (exact) mass is 281 g/mol. The van der Waals surface area contributed by atoms with Crippen LogP contribution >= 0.6 is 15.9 Å². The summed E-state index contributed by atoms with van der Waals surface area (Å²) >= 11 is 3.33. The van der Waals surface area contributed by atoms with Gasteiger partial charge < -0.3 is 10.8 Å². The van der Waals surface area contributed by atoms with Crippen LogP contribution in [0.2, 0.25) is 0 Å². The minimum absolute atomic E-state index is 0.185. The number of phenols is 1. The Bertz CT molecular complexity index is 522. The third kappa shape index (κ3) is 1.78. The molecule has 4 N–H and O–H groups in total. The molecule has 84 valence electrons. The van der Waals surface area contributed by atoms with Gasteiger partial charge in [-0.15, -0.1) is 0 Å². The van der Waals surface area contributed by atoms with Crippen molar-refractivity contribution in [2.75, 3.05) is 5.73 Å². The molecule has 0 fully saturated rings. The van der Waals surface area contributed by atoms with Gasteiger partial charge in [0.25, 0.3) is 0 Å². The van der Waals surface area contributed by atoms with Crippen molar-refractivity contribution in [3.63, 3.8) is 0 Å². The number of rotatable bonds is 2. The van der Waals surface area contributed by atoms with Gasteiger partial charge in [0.05, 0.1) is 10.7 Å². The fourth-order valence-electron chi connectivity index (χ4n) is 1.58. The first-order chi connectivity index (χ1) is 7.63. The molecule has 0 aliphatic rings. The van der Waals surface area contributed by atoms with Crippen molar-refractivity contribution < 1.29 is 5.11 Å². The van der Waals surface area contributed by atoms with Crippen LogP contribution in [0.15, 0.2) is 22.8 Å². The predicted octanol–water partition coefficient (Wildman–Crippen LogP) is 2.69. The molecule has 0 spiro atoms. The van der Waals surface area contributed by atoms with Gasteiger partial charge in [0, 0.05) is 11.1 Å². The van der Waals surface area contributed by atoms with Gasteiger partial charge in [0.2, 0.25) is 0 Å². The molecular weight excluding hydrogens is 270 g/mol. The zero-order valence-electron chi connectivity index (χ0n) is 8.79. The largest absolute Gasteiger partial charge is 0.506 e. The number of nitrogens with two attached hydrogens (primary N) is 1. The minimum atomic E-state index is 0.185. The van der Waals surface area contributed by atoms with E-state index in [1.165, 1.54) is 0 Å². The molecule has 16 heavy (non-hydrogen) atoms. The topological polar surface area (TPSA) is 74.9 Å². The van der Waals surface area contributed by atoms with Crippen LogP contribution in [-0.2, 0) is 6.42 Å². The van der Waals surface area contributed by atoms with Crippen LogP contribution in [-0.4, -0.2) is 15.3 Å². The molecule has 0 aliphatic heterocycles. The Kier molecular flexibility index (Phi) is 2.87. The molecule has 4 nitrogen and oxygen atoms in total. The molecule has 0 unspecified atom stereocenters. The highest BCUT2D eigenvalue weighted by Crippen LogP contribution is 2.38. The van der Waals surface area contributed by atoms with E-state index in [0.29, 0.717) is 21.4 Å². The van der Waals surface area contributed by atoms with Crippen molar-refractivity contribution in [2.45, 2.75) is 13.3 Å². The van der Waals surface area contributed by atoms with Gasteiger partial charge in [-0.1, -0.05) is 6.92 Å². The van der Waals surface area contributed by atoms with E-state index in [2.05, 4.69) is 33.1 Å². The Morgan fingerprint density at radius 3 is 2.75 bits per heavy atom. The first-order valence-electron chi connectivity index (χ1n) is 4.94. The van der Waals surface area contributed by atoms with Crippen LogP contribution in [0.1, 0.15) is 12.5 Å². The number of benzene rings is 1. The van der Waals surface area contributed by atoms with Crippen LogP contribution in [0.25, 0.3) is 11.1 Å². The van der Waals surface area contributed by atoms with E-state index in [0.717, 1.165) is 12.0 Å². The maximum absolute atomic E-state index is 9.97. The van der Waals surface area contributed by atoms with Crippen molar-refractivity contribution >= 4 is 21.7 Å². The summed E-state index contributed by atoms with van der Waals surface area (Å²) in [5.41, 5.74) is 8.27. The molecule has 5 heteroatoms. The molecule has 0 saturated carbocycles. The fourth-order valence-corrected chi connectivity index (χ4v) is 2.08. The summed E-state index contributed by atoms with van der Waals surface area (Å²) in [6, 6.07) is 3.82. The normalized spacial score (nSPS) is 10.6. The van der Waals surface area contributed by atoms with Gasteiger partial charge in [-0.3, -0.25) is 5.10 Å². The standard InChI is InChI=1S/C11H12BrN3O/c1-2-6-3-7(10(16)9(12)4-6)8-5-14-15-11(8)13/h3-5,16H,2H2,1H3,(H3,13,14,15). The van der Waals surface area contributed by atoms with Crippen molar-refractivity contribution in [2.24, 2.45) is 0 Å². The average molecular weight is 282 g/mol. The number of hydrogen-bond acceptors (Lipinski definition) is 3. The lowest BCUT2D eigenvalue weighted by molar-refractivity contribution is 0.474. The Morgan fingerprint density at radius 1 is 1.44 bits per heavy atom. The molecule has 0 atom stereocenters. The van der Waals surface area contributed by atoms with E-state index in [1.807, 2.05) is 12.1 Å². The quantitative estimate of drug-likeness (QED) is 0.792. The molecule has 0 bridgehead atoms. The van der Waals surface area contributed by atoms with Gasteiger partial charge in [-0.25, -0.2) is 0 Å². The first kappa shape index (κ1) is 11.0. The maximum atomic E-state index is 9.97. The van der Waals surface area contributed by atoms with E-state index >= 15 is 0 Å². The molecule has 0 aliphatic carbocycles. The molecule has 0 amide bonds. The summed E-state index contributed by atoms with van der Waals surface area (Å²) in [4.78, 5) is 0. The number of nitrogens with zero attached hydrogens (tertiary/aromatic N) is 1. The highest BCUT2D eigenvalue weighted by Gasteiger charge is 2.13. The number of nitrogens with one attached hydrogen (secondary N) is 1. The van der Waals surface area contributed by atoms with Crippen LogP contribution in [0.5, 0.6) is 5.75 Å². The second kappa shape index (κ2) is 4.17. The number of aromatic hydroxyl groups is 1. The molecule has 1 aromatic heterocycles. The second-order valence-corrected chi connectivity index (χ2v) is 4.38.